The van der Waals surface area contributed by atoms with Gasteiger partial charge in [-0.25, -0.2) is 0 Å². The van der Waals surface area contributed by atoms with E-state index >= 15 is 0 Å². The molecule has 4 heteroatoms. The van der Waals surface area contributed by atoms with Crippen molar-refractivity contribution >= 4 is 5.91 Å². The molecular formula is C10H13N3O. The molecule has 1 heterocycles. The number of nitriles is 1. The molecular weight excluding hydrogens is 178 g/mol. The zero-order chi connectivity index (χ0) is 10.8. The van der Waals surface area contributed by atoms with Crippen molar-refractivity contribution in [3.05, 3.63) is 23.5 Å². The van der Waals surface area contributed by atoms with E-state index in [1.165, 1.54) is 6.92 Å². The van der Waals surface area contributed by atoms with Crippen molar-refractivity contribution in [2.75, 3.05) is 0 Å². The van der Waals surface area contributed by atoms with Crippen LogP contribution in [0.4, 0.5) is 0 Å². The van der Waals surface area contributed by atoms with E-state index in [1.807, 2.05) is 19.9 Å². The molecule has 0 aromatic heterocycles. The second-order valence-electron chi connectivity index (χ2n) is 3.53. The number of nitrogens with zero attached hydrogens (tertiary/aromatic N) is 1. The quantitative estimate of drug-likeness (QED) is 0.644. The summed E-state index contributed by atoms with van der Waals surface area (Å²) in [7, 11) is 0. The van der Waals surface area contributed by atoms with Crippen LogP contribution in [0.25, 0.3) is 0 Å². The Bertz CT molecular complexity index is 362. The maximum atomic E-state index is 11.0. The summed E-state index contributed by atoms with van der Waals surface area (Å²) in [4.78, 5) is 11.0. The standard InChI is InChI=1S/C10H13N3O/c1-7-6-12-9(5-11)4-10(7,3)13-8(2)14/h4,6,12H,1-3H3,(H,13,14). The highest BCUT2D eigenvalue weighted by Gasteiger charge is 2.27. The third-order valence-corrected chi connectivity index (χ3v) is 2.25. The fourth-order valence-corrected chi connectivity index (χ4v) is 1.34. The van der Waals surface area contributed by atoms with E-state index in [0.29, 0.717) is 5.70 Å². The van der Waals surface area contributed by atoms with Gasteiger partial charge in [0.05, 0.1) is 5.54 Å². The first-order valence-electron chi connectivity index (χ1n) is 4.33. The van der Waals surface area contributed by atoms with Gasteiger partial charge in [-0.2, -0.15) is 5.26 Å². The van der Waals surface area contributed by atoms with Gasteiger partial charge in [-0.15, -0.1) is 0 Å². The highest BCUT2D eigenvalue weighted by Crippen LogP contribution is 2.21. The smallest absolute Gasteiger partial charge is 0.217 e. The molecule has 0 spiro atoms. The molecule has 0 radical (unpaired) electrons. The molecule has 1 aliphatic rings. The fourth-order valence-electron chi connectivity index (χ4n) is 1.34. The van der Waals surface area contributed by atoms with Crippen molar-refractivity contribution in [3.8, 4) is 6.07 Å². The van der Waals surface area contributed by atoms with Gasteiger partial charge in [0, 0.05) is 13.1 Å². The van der Waals surface area contributed by atoms with Crippen molar-refractivity contribution in [2.45, 2.75) is 26.3 Å². The van der Waals surface area contributed by atoms with Crippen molar-refractivity contribution in [1.82, 2.24) is 10.6 Å². The molecule has 0 fully saturated rings. The van der Waals surface area contributed by atoms with Crippen molar-refractivity contribution in [2.24, 2.45) is 0 Å². The minimum atomic E-state index is -0.553. The van der Waals surface area contributed by atoms with E-state index in [-0.39, 0.29) is 5.91 Å². The Morgan fingerprint density at radius 2 is 2.36 bits per heavy atom. The topological polar surface area (TPSA) is 64.9 Å². The first kappa shape index (κ1) is 10.3. The van der Waals surface area contributed by atoms with E-state index in [1.54, 1.807) is 12.3 Å². The fraction of sp³-hybridized carbons (Fsp3) is 0.400. The first-order chi connectivity index (χ1) is 6.48. The molecule has 0 bridgehead atoms. The normalized spacial score (nSPS) is 25.3. The number of allylic oxidation sites excluding steroid dienone is 1. The van der Waals surface area contributed by atoms with Crippen LogP contribution in [0.15, 0.2) is 23.5 Å². The molecule has 14 heavy (non-hydrogen) atoms. The van der Waals surface area contributed by atoms with Crippen LogP contribution in [0.2, 0.25) is 0 Å². The van der Waals surface area contributed by atoms with Gasteiger partial charge < -0.3 is 10.6 Å². The molecule has 0 aliphatic carbocycles. The summed E-state index contributed by atoms with van der Waals surface area (Å²) < 4.78 is 0. The van der Waals surface area contributed by atoms with Gasteiger partial charge in [-0.3, -0.25) is 4.79 Å². The number of hydrogen-bond donors (Lipinski definition) is 2. The summed E-state index contributed by atoms with van der Waals surface area (Å²) in [6.45, 7) is 5.21. The summed E-state index contributed by atoms with van der Waals surface area (Å²) in [5, 5.41) is 14.4. The molecule has 1 unspecified atom stereocenters. The van der Waals surface area contributed by atoms with Crippen LogP contribution in [-0.2, 0) is 4.79 Å². The van der Waals surface area contributed by atoms with Gasteiger partial charge in [-0.1, -0.05) is 0 Å². The van der Waals surface area contributed by atoms with Crippen molar-refractivity contribution in [3.63, 3.8) is 0 Å². The molecule has 1 rings (SSSR count). The van der Waals surface area contributed by atoms with Crippen LogP contribution >= 0.6 is 0 Å². The van der Waals surface area contributed by atoms with Gasteiger partial charge in [0.1, 0.15) is 11.8 Å². The average molecular weight is 191 g/mol. The van der Waals surface area contributed by atoms with Gasteiger partial charge >= 0.3 is 0 Å². The minimum Gasteiger partial charge on any atom is -0.353 e. The lowest BCUT2D eigenvalue weighted by Crippen LogP contribution is -2.46. The van der Waals surface area contributed by atoms with Gasteiger partial charge in [-0.05, 0) is 25.5 Å². The Balaban J connectivity index is 2.99. The van der Waals surface area contributed by atoms with Crippen LogP contribution in [0.3, 0.4) is 0 Å². The summed E-state index contributed by atoms with van der Waals surface area (Å²) in [6, 6.07) is 2.01. The molecule has 0 aromatic rings. The Hall–Kier alpha value is -1.76. The molecule has 0 aromatic carbocycles. The van der Waals surface area contributed by atoms with E-state index in [4.69, 9.17) is 5.26 Å². The molecule has 1 atom stereocenters. The second kappa shape index (κ2) is 3.54. The second-order valence-corrected chi connectivity index (χ2v) is 3.53. The number of hydrogen-bond acceptors (Lipinski definition) is 3. The summed E-state index contributed by atoms with van der Waals surface area (Å²) in [5.41, 5.74) is 0.862. The van der Waals surface area contributed by atoms with Crippen molar-refractivity contribution in [1.29, 1.82) is 5.26 Å². The number of dihydropyridines is 1. The Kier molecular flexibility index (Phi) is 2.61. The number of nitrogens with one attached hydrogen (secondary N) is 2. The van der Waals surface area contributed by atoms with Gasteiger partial charge in [0.25, 0.3) is 0 Å². The van der Waals surface area contributed by atoms with E-state index in [0.717, 1.165) is 5.57 Å². The van der Waals surface area contributed by atoms with Crippen LogP contribution in [0, 0.1) is 11.3 Å². The first-order valence-corrected chi connectivity index (χ1v) is 4.33. The molecule has 2 N–H and O–H groups in total. The van der Waals surface area contributed by atoms with E-state index < -0.39 is 5.54 Å². The van der Waals surface area contributed by atoms with Crippen LogP contribution in [0.1, 0.15) is 20.8 Å². The largest absolute Gasteiger partial charge is 0.353 e. The highest BCUT2D eigenvalue weighted by molar-refractivity contribution is 5.75. The maximum absolute atomic E-state index is 11.0. The van der Waals surface area contributed by atoms with E-state index in [2.05, 4.69) is 10.6 Å². The SMILES string of the molecule is CC(=O)NC1(C)C=C(C#N)NC=C1C. The Labute approximate surface area is 83.3 Å². The molecule has 1 amide bonds. The number of amides is 1. The lowest BCUT2D eigenvalue weighted by atomic mass is 9.90. The maximum Gasteiger partial charge on any atom is 0.217 e. The van der Waals surface area contributed by atoms with Gasteiger partial charge in [0.2, 0.25) is 5.91 Å². The van der Waals surface area contributed by atoms with Crippen LogP contribution in [0.5, 0.6) is 0 Å². The summed E-state index contributed by atoms with van der Waals surface area (Å²) >= 11 is 0. The van der Waals surface area contributed by atoms with Gasteiger partial charge in [0.15, 0.2) is 0 Å². The minimum absolute atomic E-state index is 0.115. The molecule has 0 saturated heterocycles. The lowest BCUT2D eigenvalue weighted by molar-refractivity contribution is -0.119. The monoisotopic (exact) mass is 191 g/mol. The molecule has 1 aliphatic heterocycles. The number of rotatable bonds is 1. The average Bonchev–Trinajstić information content (AvgIpc) is 2.08. The van der Waals surface area contributed by atoms with Crippen molar-refractivity contribution < 1.29 is 4.79 Å². The summed E-state index contributed by atoms with van der Waals surface area (Å²) in [5.74, 6) is -0.115. The number of carbonyl (C=O) groups is 1. The van der Waals surface area contributed by atoms with E-state index in [9.17, 15) is 4.79 Å². The van der Waals surface area contributed by atoms with Crippen LogP contribution < -0.4 is 10.6 Å². The zero-order valence-corrected chi connectivity index (χ0v) is 8.51. The molecule has 4 nitrogen and oxygen atoms in total. The van der Waals surface area contributed by atoms with Crippen LogP contribution in [-0.4, -0.2) is 11.4 Å². The third kappa shape index (κ3) is 1.94. The third-order valence-electron chi connectivity index (χ3n) is 2.25. The molecule has 74 valence electrons. The number of carbonyl (C=O) groups excluding carboxylic acids is 1. The summed E-state index contributed by atoms with van der Waals surface area (Å²) in [6.07, 6.45) is 3.44. The zero-order valence-electron chi connectivity index (χ0n) is 8.51. The lowest BCUT2D eigenvalue weighted by Gasteiger charge is -2.31. The predicted octanol–water partition coefficient (Wildman–Crippen LogP) is 0.796. The Morgan fingerprint density at radius 1 is 1.71 bits per heavy atom. The molecule has 0 saturated carbocycles. The Morgan fingerprint density at radius 3 is 2.86 bits per heavy atom. The predicted molar refractivity (Wildman–Crippen MR) is 52.8 cm³/mol. The highest BCUT2D eigenvalue weighted by atomic mass is 16.1.